The molecule has 0 bridgehead atoms. The highest BCUT2D eigenvalue weighted by Gasteiger charge is 2.23. The number of rotatable bonds is 1. The normalized spacial score (nSPS) is 18.7. The fourth-order valence-corrected chi connectivity index (χ4v) is 4.29. The van der Waals surface area contributed by atoms with Crippen molar-refractivity contribution in [3.63, 3.8) is 0 Å². The van der Waals surface area contributed by atoms with E-state index in [-0.39, 0.29) is 0 Å². The fraction of sp³-hybridized carbons (Fsp3) is 0.267. The molecule has 2 aromatic heterocycles. The summed E-state index contributed by atoms with van der Waals surface area (Å²) in [5.41, 5.74) is 2.76. The molecule has 0 fully saturated rings. The van der Waals surface area contributed by atoms with Crippen LogP contribution in [-0.2, 0) is 6.42 Å². The van der Waals surface area contributed by atoms with Crippen LogP contribution in [0, 0.1) is 0 Å². The van der Waals surface area contributed by atoms with Gasteiger partial charge in [0.25, 0.3) is 0 Å². The molecule has 1 aliphatic rings. The van der Waals surface area contributed by atoms with Gasteiger partial charge in [0.2, 0.25) is 0 Å². The van der Waals surface area contributed by atoms with Crippen LogP contribution in [0.25, 0.3) is 10.1 Å². The van der Waals surface area contributed by atoms with Crippen molar-refractivity contribution in [3.8, 4) is 0 Å². The summed E-state index contributed by atoms with van der Waals surface area (Å²) in [6, 6.07) is 6.62. The van der Waals surface area contributed by atoms with Gasteiger partial charge in [-0.1, -0.05) is 17.7 Å². The van der Waals surface area contributed by atoms with Crippen molar-refractivity contribution in [1.82, 2.24) is 9.55 Å². The molecular formula is C15H13ClN2S. The van der Waals surface area contributed by atoms with Gasteiger partial charge >= 0.3 is 0 Å². The highest BCUT2D eigenvalue weighted by molar-refractivity contribution is 7.17. The standard InChI is InChI=1S/C15H13ClN2S/c16-10-4-5-12-13(8-19-15(12)6-10)14-3-1-2-11-7-17-9-18(11)14/h4-9,14H,1-3H2. The molecule has 1 aromatic carbocycles. The first-order valence-corrected chi connectivity index (χ1v) is 7.76. The number of imidazole rings is 1. The molecule has 1 atom stereocenters. The number of nitrogens with zero attached hydrogens (tertiary/aromatic N) is 2. The molecule has 0 N–H and O–H groups in total. The van der Waals surface area contributed by atoms with Crippen LogP contribution in [0.4, 0.5) is 0 Å². The lowest BCUT2D eigenvalue weighted by Crippen LogP contribution is -2.17. The van der Waals surface area contributed by atoms with Crippen LogP contribution in [0.5, 0.6) is 0 Å². The van der Waals surface area contributed by atoms with E-state index in [2.05, 4.69) is 27.1 Å². The van der Waals surface area contributed by atoms with Crippen molar-refractivity contribution in [2.75, 3.05) is 0 Å². The van der Waals surface area contributed by atoms with Crippen molar-refractivity contribution in [2.24, 2.45) is 0 Å². The quantitative estimate of drug-likeness (QED) is 0.636. The Hall–Kier alpha value is -1.32. The van der Waals surface area contributed by atoms with E-state index < -0.39 is 0 Å². The predicted octanol–water partition coefficient (Wildman–Crippen LogP) is 4.68. The predicted molar refractivity (Wildman–Crippen MR) is 80.1 cm³/mol. The summed E-state index contributed by atoms with van der Waals surface area (Å²) in [5, 5.41) is 4.43. The first-order valence-electron chi connectivity index (χ1n) is 6.50. The molecule has 0 saturated heterocycles. The Labute approximate surface area is 120 Å². The summed E-state index contributed by atoms with van der Waals surface area (Å²) >= 11 is 7.85. The van der Waals surface area contributed by atoms with Crippen LogP contribution < -0.4 is 0 Å². The molecule has 4 heteroatoms. The number of fused-ring (bicyclic) bond motifs is 2. The van der Waals surface area contributed by atoms with E-state index in [1.54, 1.807) is 11.3 Å². The van der Waals surface area contributed by atoms with E-state index >= 15 is 0 Å². The SMILES string of the molecule is Clc1ccc2c(C3CCCc4cncn43)csc2c1. The van der Waals surface area contributed by atoms with Gasteiger partial charge in [-0.25, -0.2) is 4.98 Å². The van der Waals surface area contributed by atoms with Crippen molar-refractivity contribution >= 4 is 33.0 Å². The lowest BCUT2D eigenvalue weighted by Gasteiger charge is -2.25. The fourth-order valence-electron chi connectivity index (χ4n) is 3.01. The Balaban J connectivity index is 1.88. The molecule has 19 heavy (non-hydrogen) atoms. The third-order valence-corrected chi connectivity index (χ3v) is 5.12. The maximum absolute atomic E-state index is 6.07. The second-order valence-corrected chi connectivity index (χ2v) is 6.38. The van der Waals surface area contributed by atoms with E-state index in [1.807, 2.05) is 18.6 Å². The smallest absolute Gasteiger partial charge is 0.0953 e. The summed E-state index contributed by atoms with van der Waals surface area (Å²) in [7, 11) is 0. The van der Waals surface area contributed by atoms with Gasteiger partial charge in [-0.15, -0.1) is 11.3 Å². The highest BCUT2D eigenvalue weighted by atomic mass is 35.5. The van der Waals surface area contributed by atoms with Crippen LogP contribution in [-0.4, -0.2) is 9.55 Å². The van der Waals surface area contributed by atoms with Crippen molar-refractivity contribution in [3.05, 3.63) is 52.4 Å². The molecular weight excluding hydrogens is 276 g/mol. The van der Waals surface area contributed by atoms with Crippen molar-refractivity contribution in [1.29, 1.82) is 0 Å². The van der Waals surface area contributed by atoms with E-state index in [0.29, 0.717) is 6.04 Å². The lowest BCUT2D eigenvalue weighted by molar-refractivity contribution is 0.461. The molecule has 0 amide bonds. The molecule has 0 radical (unpaired) electrons. The van der Waals surface area contributed by atoms with Crippen LogP contribution in [0.3, 0.4) is 0 Å². The van der Waals surface area contributed by atoms with E-state index in [1.165, 1.54) is 34.2 Å². The molecule has 2 nitrogen and oxygen atoms in total. The lowest BCUT2D eigenvalue weighted by atomic mass is 9.96. The molecule has 3 aromatic rings. The van der Waals surface area contributed by atoms with Crippen LogP contribution >= 0.6 is 22.9 Å². The molecule has 4 rings (SSSR count). The number of thiophene rings is 1. The summed E-state index contributed by atoms with van der Waals surface area (Å²) in [6.45, 7) is 0. The van der Waals surface area contributed by atoms with Crippen LogP contribution in [0.2, 0.25) is 5.02 Å². The molecule has 0 spiro atoms. The zero-order chi connectivity index (χ0) is 12.8. The van der Waals surface area contributed by atoms with Crippen LogP contribution in [0.15, 0.2) is 36.1 Å². The number of halogens is 1. The number of hydrogen-bond acceptors (Lipinski definition) is 2. The second kappa shape index (κ2) is 4.36. The second-order valence-electron chi connectivity index (χ2n) is 5.03. The third-order valence-electron chi connectivity index (χ3n) is 3.92. The van der Waals surface area contributed by atoms with E-state index in [9.17, 15) is 0 Å². The van der Waals surface area contributed by atoms with Crippen molar-refractivity contribution in [2.45, 2.75) is 25.3 Å². The highest BCUT2D eigenvalue weighted by Crippen LogP contribution is 2.38. The molecule has 0 saturated carbocycles. The van der Waals surface area contributed by atoms with Gasteiger partial charge in [0.1, 0.15) is 0 Å². The maximum Gasteiger partial charge on any atom is 0.0953 e. The maximum atomic E-state index is 6.07. The summed E-state index contributed by atoms with van der Waals surface area (Å²) < 4.78 is 3.61. The third kappa shape index (κ3) is 1.80. The first kappa shape index (κ1) is 11.5. The Morgan fingerprint density at radius 2 is 2.32 bits per heavy atom. The first-order chi connectivity index (χ1) is 9.33. The van der Waals surface area contributed by atoms with Gasteiger partial charge in [-0.05, 0) is 47.7 Å². The molecule has 1 unspecified atom stereocenters. The minimum atomic E-state index is 0.432. The largest absolute Gasteiger partial charge is 0.327 e. The minimum absolute atomic E-state index is 0.432. The molecule has 0 aliphatic carbocycles. The number of benzene rings is 1. The van der Waals surface area contributed by atoms with Gasteiger partial charge in [-0.3, -0.25) is 0 Å². The monoisotopic (exact) mass is 288 g/mol. The van der Waals surface area contributed by atoms with Crippen LogP contribution in [0.1, 0.15) is 30.1 Å². The molecule has 1 aliphatic heterocycles. The Morgan fingerprint density at radius 1 is 1.37 bits per heavy atom. The van der Waals surface area contributed by atoms with Gasteiger partial charge in [-0.2, -0.15) is 0 Å². The number of aryl methyl sites for hydroxylation is 1. The van der Waals surface area contributed by atoms with Crippen molar-refractivity contribution < 1.29 is 0 Å². The zero-order valence-corrected chi connectivity index (χ0v) is 11.9. The zero-order valence-electron chi connectivity index (χ0n) is 10.3. The Kier molecular flexibility index (Phi) is 2.64. The topological polar surface area (TPSA) is 17.8 Å². The minimum Gasteiger partial charge on any atom is -0.327 e. The van der Waals surface area contributed by atoms with Gasteiger partial charge < -0.3 is 4.57 Å². The number of hydrogen-bond donors (Lipinski definition) is 0. The Morgan fingerprint density at radius 3 is 3.26 bits per heavy atom. The summed E-state index contributed by atoms with van der Waals surface area (Å²) in [5.74, 6) is 0. The average Bonchev–Trinajstić information content (AvgIpc) is 3.03. The molecule has 96 valence electrons. The average molecular weight is 289 g/mol. The van der Waals surface area contributed by atoms with E-state index in [4.69, 9.17) is 11.6 Å². The molecule has 3 heterocycles. The summed E-state index contributed by atoms with van der Waals surface area (Å²) in [4.78, 5) is 4.30. The van der Waals surface area contributed by atoms with Gasteiger partial charge in [0.05, 0.1) is 12.4 Å². The van der Waals surface area contributed by atoms with Gasteiger partial charge in [0.15, 0.2) is 0 Å². The summed E-state index contributed by atoms with van der Waals surface area (Å²) in [6.07, 6.45) is 7.54. The Bertz CT molecular complexity index is 744. The van der Waals surface area contributed by atoms with E-state index in [0.717, 1.165) is 11.4 Å². The van der Waals surface area contributed by atoms with Gasteiger partial charge in [0, 0.05) is 21.6 Å². The number of aromatic nitrogens is 2.